The number of hydrogen-bond donors (Lipinski definition) is 1. The van der Waals surface area contributed by atoms with Crippen LogP contribution in [0.15, 0.2) is 42.5 Å². The number of nitrogens with one attached hydrogen (secondary N) is 1. The summed E-state index contributed by atoms with van der Waals surface area (Å²) in [5, 5.41) is 3.85. The highest BCUT2D eigenvalue weighted by Gasteiger charge is 2.10. The highest BCUT2D eigenvalue weighted by molar-refractivity contribution is 6.31. The number of rotatable bonds is 5. The van der Waals surface area contributed by atoms with E-state index < -0.39 is 0 Å². The van der Waals surface area contributed by atoms with Crippen molar-refractivity contribution in [2.45, 2.75) is 39.2 Å². The van der Waals surface area contributed by atoms with Gasteiger partial charge in [0.25, 0.3) is 0 Å². The Morgan fingerprint density at radius 3 is 2.33 bits per heavy atom. The monoisotopic (exact) mass is 305 g/mol. The van der Waals surface area contributed by atoms with Crippen LogP contribution >= 0.6 is 11.6 Å². The SMILES string of the molecule is CCC(C)c1ccc(NC(C)c2ccc(F)cc2Cl)cc1. The van der Waals surface area contributed by atoms with Crippen LogP contribution in [0.3, 0.4) is 0 Å². The maximum Gasteiger partial charge on any atom is 0.124 e. The molecule has 0 aliphatic carbocycles. The van der Waals surface area contributed by atoms with Crippen molar-refractivity contribution in [1.29, 1.82) is 0 Å². The topological polar surface area (TPSA) is 12.0 Å². The summed E-state index contributed by atoms with van der Waals surface area (Å²) in [4.78, 5) is 0. The van der Waals surface area contributed by atoms with E-state index in [1.807, 2.05) is 6.92 Å². The first-order valence-electron chi connectivity index (χ1n) is 7.32. The van der Waals surface area contributed by atoms with Crippen molar-refractivity contribution in [3.8, 4) is 0 Å². The molecule has 112 valence electrons. The summed E-state index contributed by atoms with van der Waals surface area (Å²) in [6, 6.07) is 13.0. The minimum Gasteiger partial charge on any atom is -0.378 e. The fraction of sp³-hybridized carbons (Fsp3) is 0.333. The third kappa shape index (κ3) is 3.98. The molecular formula is C18H21ClFN. The van der Waals surface area contributed by atoms with Crippen molar-refractivity contribution in [3.63, 3.8) is 0 Å². The number of anilines is 1. The summed E-state index contributed by atoms with van der Waals surface area (Å²) in [5.74, 6) is 0.261. The van der Waals surface area contributed by atoms with E-state index in [0.29, 0.717) is 10.9 Å². The van der Waals surface area contributed by atoms with Crippen LogP contribution in [0.2, 0.25) is 5.02 Å². The molecule has 2 unspecified atom stereocenters. The zero-order valence-corrected chi connectivity index (χ0v) is 13.4. The molecular weight excluding hydrogens is 285 g/mol. The number of benzene rings is 2. The van der Waals surface area contributed by atoms with Crippen molar-refractivity contribution in [3.05, 3.63) is 64.4 Å². The molecule has 0 fully saturated rings. The molecule has 0 saturated carbocycles. The Morgan fingerprint density at radius 1 is 1.10 bits per heavy atom. The van der Waals surface area contributed by atoms with E-state index in [4.69, 9.17) is 11.6 Å². The summed E-state index contributed by atoms with van der Waals surface area (Å²) in [6.45, 7) is 6.43. The predicted octanol–water partition coefficient (Wildman–Crippen LogP) is 6.17. The number of hydrogen-bond acceptors (Lipinski definition) is 1. The van der Waals surface area contributed by atoms with Crippen LogP contribution in [0, 0.1) is 5.82 Å². The average molecular weight is 306 g/mol. The molecule has 2 atom stereocenters. The van der Waals surface area contributed by atoms with Crippen molar-refractivity contribution in [1.82, 2.24) is 0 Å². The lowest BCUT2D eigenvalue weighted by atomic mass is 9.98. The van der Waals surface area contributed by atoms with Gasteiger partial charge in [-0.3, -0.25) is 0 Å². The first-order valence-corrected chi connectivity index (χ1v) is 7.70. The van der Waals surface area contributed by atoms with Gasteiger partial charge in [0, 0.05) is 16.8 Å². The van der Waals surface area contributed by atoms with Gasteiger partial charge in [0.15, 0.2) is 0 Å². The fourth-order valence-corrected chi connectivity index (χ4v) is 2.65. The minimum atomic E-state index is -0.311. The van der Waals surface area contributed by atoms with Gasteiger partial charge >= 0.3 is 0 Å². The Kier molecular flexibility index (Phi) is 5.24. The molecule has 2 aromatic rings. The van der Waals surface area contributed by atoms with Gasteiger partial charge in [-0.1, -0.05) is 43.6 Å². The van der Waals surface area contributed by atoms with Crippen LogP contribution in [-0.2, 0) is 0 Å². The lowest BCUT2D eigenvalue weighted by molar-refractivity contribution is 0.626. The first-order chi connectivity index (χ1) is 10.0. The smallest absolute Gasteiger partial charge is 0.124 e. The molecule has 0 amide bonds. The summed E-state index contributed by atoms with van der Waals surface area (Å²) < 4.78 is 13.1. The van der Waals surface area contributed by atoms with Gasteiger partial charge in [-0.2, -0.15) is 0 Å². The van der Waals surface area contributed by atoms with Crippen LogP contribution in [0.4, 0.5) is 10.1 Å². The van der Waals surface area contributed by atoms with E-state index in [1.165, 1.54) is 17.7 Å². The van der Waals surface area contributed by atoms with E-state index in [2.05, 4.69) is 43.4 Å². The van der Waals surface area contributed by atoms with Gasteiger partial charge in [0.05, 0.1) is 0 Å². The minimum absolute atomic E-state index is 0.0209. The van der Waals surface area contributed by atoms with Gasteiger partial charge in [-0.25, -0.2) is 4.39 Å². The van der Waals surface area contributed by atoms with Crippen LogP contribution in [0.1, 0.15) is 50.3 Å². The van der Waals surface area contributed by atoms with Crippen LogP contribution in [0.5, 0.6) is 0 Å². The Bertz CT molecular complexity index is 595. The van der Waals surface area contributed by atoms with Crippen LogP contribution < -0.4 is 5.32 Å². The van der Waals surface area contributed by atoms with E-state index in [9.17, 15) is 4.39 Å². The van der Waals surface area contributed by atoms with E-state index in [-0.39, 0.29) is 11.9 Å². The van der Waals surface area contributed by atoms with Gasteiger partial charge < -0.3 is 5.32 Å². The Morgan fingerprint density at radius 2 is 1.76 bits per heavy atom. The van der Waals surface area contributed by atoms with Gasteiger partial charge in [0.2, 0.25) is 0 Å². The zero-order chi connectivity index (χ0) is 15.4. The Hall–Kier alpha value is -1.54. The molecule has 0 aliphatic rings. The molecule has 1 N–H and O–H groups in total. The highest BCUT2D eigenvalue weighted by Crippen LogP contribution is 2.27. The summed E-state index contributed by atoms with van der Waals surface area (Å²) in [7, 11) is 0. The third-order valence-corrected chi connectivity index (χ3v) is 4.23. The summed E-state index contributed by atoms with van der Waals surface area (Å²) in [6.07, 6.45) is 1.13. The zero-order valence-electron chi connectivity index (χ0n) is 12.7. The molecule has 0 saturated heterocycles. The van der Waals surface area contributed by atoms with E-state index >= 15 is 0 Å². The van der Waals surface area contributed by atoms with Gasteiger partial charge in [-0.05, 0) is 54.7 Å². The third-order valence-electron chi connectivity index (χ3n) is 3.90. The lowest BCUT2D eigenvalue weighted by Gasteiger charge is -2.18. The molecule has 2 rings (SSSR count). The molecule has 0 aromatic heterocycles. The molecule has 2 aromatic carbocycles. The van der Waals surface area contributed by atoms with Crippen molar-refractivity contribution in [2.24, 2.45) is 0 Å². The average Bonchev–Trinajstić information content (AvgIpc) is 2.47. The maximum atomic E-state index is 13.1. The van der Waals surface area contributed by atoms with Crippen molar-refractivity contribution < 1.29 is 4.39 Å². The van der Waals surface area contributed by atoms with E-state index in [1.54, 1.807) is 6.07 Å². The largest absolute Gasteiger partial charge is 0.378 e. The quantitative estimate of drug-likeness (QED) is 0.697. The standard InChI is InChI=1S/C18H21ClFN/c1-4-12(2)14-5-8-16(9-6-14)21-13(3)17-10-7-15(20)11-18(17)19/h5-13,21H,4H2,1-3H3. The molecule has 3 heteroatoms. The van der Waals surface area contributed by atoms with Gasteiger partial charge in [-0.15, -0.1) is 0 Å². The highest BCUT2D eigenvalue weighted by atomic mass is 35.5. The van der Waals surface area contributed by atoms with Crippen molar-refractivity contribution >= 4 is 17.3 Å². The van der Waals surface area contributed by atoms with E-state index in [0.717, 1.165) is 17.7 Å². The lowest BCUT2D eigenvalue weighted by Crippen LogP contribution is -2.07. The molecule has 0 bridgehead atoms. The molecule has 1 nitrogen and oxygen atoms in total. The first kappa shape index (κ1) is 15.8. The second-order valence-electron chi connectivity index (χ2n) is 5.46. The molecule has 0 spiro atoms. The molecule has 0 aliphatic heterocycles. The molecule has 0 heterocycles. The summed E-state index contributed by atoms with van der Waals surface area (Å²) >= 11 is 6.10. The second-order valence-corrected chi connectivity index (χ2v) is 5.87. The van der Waals surface area contributed by atoms with Gasteiger partial charge in [0.1, 0.15) is 5.82 Å². The fourth-order valence-electron chi connectivity index (χ4n) is 2.32. The molecule has 21 heavy (non-hydrogen) atoms. The normalized spacial score (nSPS) is 13.8. The predicted molar refractivity (Wildman–Crippen MR) is 88.6 cm³/mol. The van der Waals surface area contributed by atoms with Crippen LogP contribution in [0.25, 0.3) is 0 Å². The maximum absolute atomic E-state index is 13.1. The Labute approximate surface area is 131 Å². The van der Waals surface area contributed by atoms with Crippen molar-refractivity contribution in [2.75, 3.05) is 5.32 Å². The Balaban J connectivity index is 2.10. The molecule has 0 radical (unpaired) electrons. The second kappa shape index (κ2) is 6.95. The summed E-state index contributed by atoms with van der Waals surface area (Å²) in [5.41, 5.74) is 3.27. The number of halogens is 2. The van der Waals surface area contributed by atoms with Crippen LogP contribution in [-0.4, -0.2) is 0 Å².